The van der Waals surface area contributed by atoms with Gasteiger partial charge in [0.25, 0.3) is 0 Å². The van der Waals surface area contributed by atoms with E-state index in [9.17, 15) is 4.79 Å². The van der Waals surface area contributed by atoms with E-state index in [1.165, 1.54) is 0 Å². The maximum absolute atomic E-state index is 11.2. The van der Waals surface area contributed by atoms with Gasteiger partial charge in [-0.1, -0.05) is 12.8 Å². The molecule has 0 aromatic heterocycles. The molecule has 18 heavy (non-hydrogen) atoms. The predicted molar refractivity (Wildman–Crippen MR) is 71.8 cm³/mol. The first-order valence-corrected chi connectivity index (χ1v) is 6.88. The highest BCUT2D eigenvalue weighted by atomic mass is 16.4. The van der Waals surface area contributed by atoms with Gasteiger partial charge in [0.1, 0.15) is 0 Å². The normalized spacial score (nSPS) is 18.8. The third-order valence-electron chi connectivity index (χ3n) is 3.84. The Labute approximate surface area is 109 Å². The molecule has 1 heterocycles. The summed E-state index contributed by atoms with van der Waals surface area (Å²) in [5.74, 6) is 0.651. The van der Waals surface area contributed by atoms with Gasteiger partial charge in [-0.2, -0.15) is 0 Å². The maximum Gasteiger partial charge on any atom is 0.451 e. The first kappa shape index (κ1) is 15.5. The van der Waals surface area contributed by atoms with Crippen LogP contribution in [-0.2, 0) is 4.79 Å². The quantitative estimate of drug-likeness (QED) is 0.468. The fourth-order valence-electron chi connectivity index (χ4n) is 2.59. The number of hydrogen-bond donors (Lipinski definition) is 3. The van der Waals surface area contributed by atoms with E-state index in [4.69, 9.17) is 15.8 Å². The van der Waals surface area contributed by atoms with E-state index in [0.717, 1.165) is 45.2 Å². The zero-order valence-electron chi connectivity index (χ0n) is 11.2. The fraction of sp³-hybridized carbons (Fsp3) is 0.917. The van der Waals surface area contributed by atoms with Gasteiger partial charge in [-0.05, 0) is 31.5 Å². The van der Waals surface area contributed by atoms with Gasteiger partial charge in [0.2, 0.25) is 5.91 Å². The molecule has 0 aliphatic carbocycles. The van der Waals surface area contributed by atoms with Crippen LogP contribution in [0.2, 0.25) is 6.32 Å². The number of hydrogen-bond acceptors (Lipinski definition) is 4. The van der Waals surface area contributed by atoms with Crippen LogP contribution in [0, 0.1) is 5.92 Å². The lowest BCUT2D eigenvalue weighted by atomic mass is 9.82. The number of piperidine rings is 1. The van der Waals surface area contributed by atoms with E-state index in [1.54, 1.807) is 6.92 Å². The molecule has 1 unspecified atom stereocenters. The molecule has 6 heteroatoms. The third-order valence-corrected chi connectivity index (χ3v) is 3.84. The summed E-state index contributed by atoms with van der Waals surface area (Å²) in [6.45, 7) is 3.26. The van der Waals surface area contributed by atoms with Gasteiger partial charge >= 0.3 is 7.12 Å². The number of rotatable bonds is 6. The first-order valence-electron chi connectivity index (χ1n) is 6.88. The van der Waals surface area contributed by atoms with Crippen LogP contribution in [0.1, 0.15) is 39.0 Å². The summed E-state index contributed by atoms with van der Waals surface area (Å²) in [5, 5.41) is 17.5. The number of unbranched alkanes of at least 4 members (excludes halogenated alkanes) is 1. The van der Waals surface area contributed by atoms with Crippen molar-refractivity contribution >= 4 is 13.0 Å². The minimum Gasteiger partial charge on any atom is -0.427 e. The standard InChI is InChI=1S/C12H25BN2O3/c1-10(16)15-8-5-11(6-9-15)12(14)4-2-3-7-13(17)18/h11-12,17-18H,2-9,14H2,1H3. The number of likely N-dealkylation sites (tertiary alicyclic amines) is 1. The smallest absolute Gasteiger partial charge is 0.427 e. The highest BCUT2D eigenvalue weighted by Crippen LogP contribution is 2.22. The van der Waals surface area contributed by atoms with E-state index in [0.29, 0.717) is 12.2 Å². The summed E-state index contributed by atoms with van der Waals surface area (Å²) >= 11 is 0. The van der Waals surface area contributed by atoms with Crippen molar-refractivity contribution in [2.75, 3.05) is 13.1 Å². The summed E-state index contributed by atoms with van der Waals surface area (Å²) in [6.07, 6.45) is 5.07. The van der Waals surface area contributed by atoms with E-state index in [-0.39, 0.29) is 11.9 Å². The van der Waals surface area contributed by atoms with E-state index in [1.807, 2.05) is 4.90 Å². The van der Waals surface area contributed by atoms with Crippen molar-refractivity contribution < 1.29 is 14.8 Å². The zero-order chi connectivity index (χ0) is 13.5. The predicted octanol–water partition coefficient (Wildman–Crippen LogP) is 0.215. The average molecular weight is 256 g/mol. The molecule has 104 valence electrons. The molecule has 1 aliphatic rings. The lowest BCUT2D eigenvalue weighted by molar-refractivity contribution is -0.130. The minimum atomic E-state index is -1.19. The topological polar surface area (TPSA) is 86.8 Å². The van der Waals surface area contributed by atoms with E-state index < -0.39 is 7.12 Å². The van der Waals surface area contributed by atoms with Crippen molar-refractivity contribution in [3.05, 3.63) is 0 Å². The monoisotopic (exact) mass is 256 g/mol. The Bertz CT molecular complexity index is 256. The van der Waals surface area contributed by atoms with Crippen LogP contribution in [0.5, 0.6) is 0 Å². The number of carbonyl (C=O) groups is 1. The summed E-state index contributed by atoms with van der Waals surface area (Å²) < 4.78 is 0. The summed E-state index contributed by atoms with van der Waals surface area (Å²) in [5.41, 5.74) is 6.16. The molecule has 0 saturated carbocycles. The fourth-order valence-corrected chi connectivity index (χ4v) is 2.59. The molecular weight excluding hydrogens is 231 g/mol. The average Bonchev–Trinajstić information content (AvgIpc) is 2.34. The van der Waals surface area contributed by atoms with Crippen LogP contribution >= 0.6 is 0 Å². The van der Waals surface area contributed by atoms with Crippen LogP contribution in [0.15, 0.2) is 0 Å². The largest absolute Gasteiger partial charge is 0.451 e. The molecule has 1 aliphatic heterocycles. The number of nitrogens with zero attached hydrogens (tertiary/aromatic N) is 1. The van der Waals surface area contributed by atoms with Crippen LogP contribution in [0.25, 0.3) is 0 Å². The van der Waals surface area contributed by atoms with Crippen LogP contribution < -0.4 is 5.73 Å². The minimum absolute atomic E-state index is 0.152. The molecule has 1 rings (SSSR count). The van der Waals surface area contributed by atoms with E-state index in [2.05, 4.69) is 0 Å². The maximum atomic E-state index is 11.2. The highest BCUT2D eigenvalue weighted by molar-refractivity contribution is 6.40. The van der Waals surface area contributed by atoms with Gasteiger partial charge in [-0.25, -0.2) is 0 Å². The molecule has 1 fully saturated rings. The SMILES string of the molecule is CC(=O)N1CCC(C(N)CCCCB(O)O)CC1. The second-order valence-corrected chi connectivity index (χ2v) is 5.27. The van der Waals surface area contributed by atoms with Gasteiger partial charge in [0.05, 0.1) is 0 Å². The van der Waals surface area contributed by atoms with Crippen molar-refractivity contribution in [1.82, 2.24) is 4.90 Å². The third kappa shape index (κ3) is 5.37. The molecule has 0 aromatic rings. The Balaban J connectivity index is 2.15. The summed E-state index contributed by atoms with van der Waals surface area (Å²) in [4.78, 5) is 13.1. The Morgan fingerprint density at radius 2 is 2.00 bits per heavy atom. The van der Waals surface area contributed by atoms with Crippen molar-refractivity contribution in [1.29, 1.82) is 0 Å². The first-order chi connectivity index (χ1) is 8.50. The Kier molecular flexibility index (Phi) is 6.67. The second kappa shape index (κ2) is 7.76. The van der Waals surface area contributed by atoms with Gasteiger partial charge in [-0.15, -0.1) is 0 Å². The lowest BCUT2D eigenvalue weighted by Gasteiger charge is -2.34. The van der Waals surface area contributed by atoms with Gasteiger partial charge in [0, 0.05) is 26.1 Å². The summed E-state index contributed by atoms with van der Waals surface area (Å²) in [6, 6.07) is 0.176. The lowest BCUT2D eigenvalue weighted by Crippen LogP contribution is -2.42. The Morgan fingerprint density at radius 3 is 2.50 bits per heavy atom. The Morgan fingerprint density at radius 1 is 1.39 bits per heavy atom. The number of carbonyl (C=O) groups excluding carboxylic acids is 1. The van der Waals surface area contributed by atoms with Crippen LogP contribution in [0.3, 0.4) is 0 Å². The van der Waals surface area contributed by atoms with Crippen molar-refractivity contribution in [2.24, 2.45) is 11.7 Å². The van der Waals surface area contributed by atoms with E-state index >= 15 is 0 Å². The molecule has 4 N–H and O–H groups in total. The molecule has 0 radical (unpaired) electrons. The van der Waals surface area contributed by atoms with Gasteiger partial charge < -0.3 is 20.7 Å². The van der Waals surface area contributed by atoms with Crippen LogP contribution in [-0.4, -0.2) is 47.1 Å². The summed E-state index contributed by atoms with van der Waals surface area (Å²) in [7, 11) is -1.19. The molecule has 0 spiro atoms. The number of nitrogens with two attached hydrogens (primary N) is 1. The molecule has 1 saturated heterocycles. The molecule has 5 nitrogen and oxygen atoms in total. The molecule has 0 aromatic carbocycles. The van der Waals surface area contributed by atoms with Gasteiger partial charge in [0.15, 0.2) is 0 Å². The molecule has 0 bridgehead atoms. The van der Waals surface area contributed by atoms with Crippen LogP contribution in [0.4, 0.5) is 0 Å². The van der Waals surface area contributed by atoms with Crippen molar-refractivity contribution in [3.63, 3.8) is 0 Å². The molecular formula is C12H25BN2O3. The van der Waals surface area contributed by atoms with Crippen molar-refractivity contribution in [3.8, 4) is 0 Å². The Hall–Kier alpha value is -0.585. The number of amides is 1. The second-order valence-electron chi connectivity index (χ2n) is 5.27. The molecule has 1 amide bonds. The zero-order valence-corrected chi connectivity index (χ0v) is 11.2. The molecule has 1 atom stereocenters. The van der Waals surface area contributed by atoms with Gasteiger partial charge in [-0.3, -0.25) is 4.79 Å². The van der Waals surface area contributed by atoms with Crippen molar-refractivity contribution in [2.45, 2.75) is 51.4 Å². The highest BCUT2D eigenvalue weighted by Gasteiger charge is 2.24.